The molecule has 0 aliphatic heterocycles. The van der Waals surface area contributed by atoms with Crippen LogP contribution in [0, 0.1) is 0 Å². The van der Waals surface area contributed by atoms with Crippen LogP contribution in [0.3, 0.4) is 0 Å². The molecule has 0 bridgehead atoms. The van der Waals surface area contributed by atoms with Crippen molar-refractivity contribution >= 4 is 24.0 Å². The van der Waals surface area contributed by atoms with Crippen molar-refractivity contribution in [3.63, 3.8) is 0 Å². The molecule has 0 saturated heterocycles. The maximum Gasteiger partial charge on any atom is 0.387 e. The molecular weight excluding hydrogens is 350 g/mol. The van der Waals surface area contributed by atoms with E-state index in [9.17, 15) is 13.6 Å². The van der Waals surface area contributed by atoms with Gasteiger partial charge in [0.25, 0.3) is 0 Å². The number of alkyl halides is 2. The topological polar surface area (TPSA) is 64.4 Å². The highest BCUT2D eigenvalue weighted by Gasteiger charge is 2.18. The van der Waals surface area contributed by atoms with Crippen LogP contribution in [-0.4, -0.2) is 12.5 Å². The first-order chi connectivity index (χ1) is 11.5. The predicted molar refractivity (Wildman–Crippen MR) is 96.1 cm³/mol. The molecule has 2 aromatic rings. The lowest BCUT2D eigenvalue weighted by Gasteiger charge is -2.20. The Morgan fingerprint density at radius 1 is 1.16 bits per heavy atom. The van der Waals surface area contributed by atoms with Crippen LogP contribution in [0.5, 0.6) is 5.75 Å². The van der Waals surface area contributed by atoms with Crippen molar-refractivity contribution < 1.29 is 18.3 Å². The number of carbonyl (C=O) groups excluding carboxylic acids is 1. The summed E-state index contributed by atoms with van der Waals surface area (Å²) in [5.74, 6) is -0.120. The molecule has 0 aromatic heterocycles. The van der Waals surface area contributed by atoms with Gasteiger partial charge in [-0.2, -0.15) is 8.78 Å². The number of anilines is 1. The smallest absolute Gasteiger partial charge is 0.387 e. The quantitative estimate of drug-likeness (QED) is 0.721. The summed E-state index contributed by atoms with van der Waals surface area (Å²) in [6.45, 7) is -1.04. The average Bonchev–Trinajstić information content (AvgIpc) is 2.55. The van der Waals surface area contributed by atoms with Gasteiger partial charge in [0.2, 0.25) is 5.91 Å². The predicted octanol–water partition coefficient (Wildman–Crippen LogP) is 4.10. The number of benzene rings is 2. The Bertz CT molecular complexity index is 681. The standard InChI is InChI=1S/C18H20F2N2O2.ClH/c1-2-15(14-5-3-4-6-16(14)24-18(19)20)22-17(23)11-12-7-9-13(21)10-8-12;/h3-10,15,18H,2,11,21H2,1H3,(H,22,23);1H. The van der Waals surface area contributed by atoms with Crippen LogP contribution in [0.25, 0.3) is 0 Å². The zero-order valence-electron chi connectivity index (χ0n) is 13.7. The third kappa shape index (κ3) is 6.23. The van der Waals surface area contributed by atoms with E-state index in [1.807, 2.05) is 6.92 Å². The second kappa shape index (κ2) is 9.84. The molecule has 1 amide bonds. The minimum Gasteiger partial charge on any atom is -0.434 e. The zero-order valence-corrected chi connectivity index (χ0v) is 14.6. The van der Waals surface area contributed by atoms with E-state index in [0.717, 1.165) is 5.56 Å². The molecule has 2 aromatic carbocycles. The Morgan fingerprint density at radius 2 is 1.80 bits per heavy atom. The lowest BCUT2D eigenvalue weighted by molar-refractivity contribution is -0.121. The van der Waals surface area contributed by atoms with Crippen LogP contribution < -0.4 is 15.8 Å². The maximum atomic E-state index is 12.5. The molecule has 136 valence electrons. The van der Waals surface area contributed by atoms with Crippen molar-refractivity contribution in [3.05, 3.63) is 59.7 Å². The van der Waals surface area contributed by atoms with Gasteiger partial charge in [0, 0.05) is 11.3 Å². The molecule has 0 heterocycles. The third-order valence-electron chi connectivity index (χ3n) is 3.60. The first kappa shape index (κ1) is 20.7. The van der Waals surface area contributed by atoms with Gasteiger partial charge in [0.05, 0.1) is 12.5 Å². The highest BCUT2D eigenvalue weighted by molar-refractivity contribution is 5.85. The van der Waals surface area contributed by atoms with Crippen molar-refractivity contribution in [2.75, 3.05) is 5.73 Å². The molecule has 0 radical (unpaired) electrons. The molecular formula is C18H21ClF2N2O2. The summed E-state index contributed by atoms with van der Waals surface area (Å²) in [4.78, 5) is 12.2. The lowest BCUT2D eigenvalue weighted by atomic mass is 10.0. The first-order valence-electron chi connectivity index (χ1n) is 7.67. The Morgan fingerprint density at radius 3 is 2.40 bits per heavy atom. The summed E-state index contributed by atoms with van der Waals surface area (Å²) < 4.78 is 29.6. The van der Waals surface area contributed by atoms with Gasteiger partial charge < -0.3 is 15.8 Å². The number of nitrogen functional groups attached to an aromatic ring is 1. The molecule has 0 aliphatic carbocycles. The van der Waals surface area contributed by atoms with Gasteiger partial charge in [-0.3, -0.25) is 4.79 Å². The van der Waals surface area contributed by atoms with Crippen LogP contribution in [-0.2, 0) is 11.2 Å². The molecule has 4 nitrogen and oxygen atoms in total. The summed E-state index contributed by atoms with van der Waals surface area (Å²) in [5, 5.41) is 2.86. The highest BCUT2D eigenvalue weighted by Crippen LogP contribution is 2.28. The van der Waals surface area contributed by atoms with Crippen LogP contribution in [0.15, 0.2) is 48.5 Å². The van der Waals surface area contributed by atoms with Crippen molar-refractivity contribution in [3.8, 4) is 5.75 Å². The number of nitrogens with one attached hydrogen (secondary N) is 1. The third-order valence-corrected chi connectivity index (χ3v) is 3.60. The number of amides is 1. The SMILES string of the molecule is CCC(NC(=O)Cc1ccc(N)cc1)c1ccccc1OC(F)F.Cl. The molecule has 1 unspecified atom stereocenters. The fourth-order valence-electron chi connectivity index (χ4n) is 2.44. The molecule has 0 aliphatic rings. The van der Waals surface area contributed by atoms with E-state index in [1.165, 1.54) is 6.07 Å². The van der Waals surface area contributed by atoms with Crippen molar-refractivity contribution in [2.24, 2.45) is 0 Å². The number of ether oxygens (including phenoxy) is 1. The van der Waals surface area contributed by atoms with E-state index in [-0.39, 0.29) is 30.5 Å². The van der Waals surface area contributed by atoms with E-state index in [1.54, 1.807) is 42.5 Å². The molecule has 2 rings (SSSR count). The molecule has 25 heavy (non-hydrogen) atoms. The van der Waals surface area contributed by atoms with E-state index in [2.05, 4.69) is 10.1 Å². The summed E-state index contributed by atoms with van der Waals surface area (Å²) in [6.07, 6.45) is 0.742. The van der Waals surface area contributed by atoms with E-state index >= 15 is 0 Å². The van der Waals surface area contributed by atoms with Gasteiger partial charge in [0.1, 0.15) is 5.75 Å². The van der Waals surface area contributed by atoms with E-state index in [0.29, 0.717) is 17.7 Å². The number of para-hydroxylation sites is 1. The first-order valence-corrected chi connectivity index (χ1v) is 7.67. The Labute approximate surface area is 151 Å². The van der Waals surface area contributed by atoms with Crippen molar-refractivity contribution in [1.29, 1.82) is 0 Å². The number of rotatable bonds is 7. The van der Waals surface area contributed by atoms with Gasteiger partial charge >= 0.3 is 6.61 Å². The van der Waals surface area contributed by atoms with Crippen LogP contribution in [0.1, 0.15) is 30.5 Å². The van der Waals surface area contributed by atoms with Gasteiger partial charge in [-0.25, -0.2) is 0 Å². The van der Waals surface area contributed by atoms with Gasteiger partial charge in [-0.1, -0.05) is 37.3 Å². The molecule has 1 atom stereocenters. The minimum atomic E-state index is -2.91. The minimum absolute atomic E-state index is 0. The summed E-state index contributed by atoms with van der Waals surface area (Å²) >= 11 is 0. The second-order valence-electron chi connectivity index (χ2n) is 5.36. The molecule has 7 heteroatoms. The normalized spacial score (nSPS) is 11.5. The largest absolute Gasteiger partial charge is 0.434 e. The lowest BCUT2D eigenvalue weighted by Crippen LogP contribution is -2.30. The Hall–Kier alpha value is -2.34. The molecule has 0 fully saturated rings. The fourth-order valence-corrected chi connectivity index (χ4v) is 2.44. The fraction of sp³-hybridized carbons (Fsp3) is 0.278. The van der Waals surface area contributed by atoms with Crippen LogP contribution >= 0.6 is 12.4 Å². The van der Waals surface area contributed by atoms with Gasteiger partial charge in [0.15, 0.2) is 0 Å². The number of nitrogens with two attached hydrogens (primary N) is 1. The monoisotopic (exact) mass is 370 g/mol. The van der Waals surface area contributed by atoms with Gasteiger partial charge in [-0.05, 0) is 30.2 Å². The number of carbonyl (C=O) groups is 1. The highest BCUT2D eigenvalue weighted by atomic mass is 35.5. The van der Waals surface area contributed by atoms with Crippen LogP contribution in [0.4, 0.5) is 14.5 Å². The van der Waals surface area contributed by atoms with Crippen LogP contribution in [0.2, 0.25) is 0 Å². The Kier molecular flexibility index (Phi) is 8.15. The number of hydrogen-bond donors (Lipinski definition) is 2. The summed E-state index contributed by atoms with van der Waals surface area (Å²) in [6, 6.07) is 13.1. The van der Waals surface area contributed by atoms with Crippen molar-refractivity contribution in [2.45, 2.75) is 32.4 Å². The van der Waals surface area contributed by atoms with Crippen molar-refractivity contribution in [1.82, 2.24) is 5.32 Å². The molecule has 0 spiro atoms. The summed E-state index contributed by atoms with van der Waals surface area (Å²) in [7, 11) is 0. The molecule has 3 N–H and O–H groups in total. The average molecular weight is 371 g/mol. The second-order valence-corrected chi connectivity index (χ2v) is 5.36. The maximum absolute atomic E-state index is 12.5. The number of hydrogen-bond acceptors (Lipinski definition) is 3. The summed E-state index contributed by atoms with van der Waals surface area (Å²) in [5.41, 5.74) is 7.61. The van der Waals surface area contributed by atoms with E-state index in [4.69, 9.17) is 5.73 Å². The molecule has 0 saturated carbocycles. The number of halogens is 3. The van der Waals surface area contributed by atoms with E-state index < -0.39 is 12.7 Å². The Balaban J connectivity index is 0.00000312. The zero-order chi connectivity index (χ0) is 17.5. The van der Waals surface area contributed by atoms with Gasteiger partial charge in [-0.15, -0.1) is 12.4 Å².